The van der Waals surface area contributed by atoms with Crippen LogP contribution in [0.2, 0.25) is 10.0 Å². The maximum Gasteiger partial charge on any atom is 0.313 e. The Bertz CT molecular complexity index is 992. The van der Waals surface area contributed by atoms with Gasteiger partial charge in [-0.05, 0) is 58.5 Å². The van der Waals surface area contributed by atoms with Crippen LogP contribution in [0.4, 0.5) is 6.01 Å². The van der Waals surface area contributed by atoms with Crippen LogP contribution in [0.1, 0.15) is 17.0 Å². The van der Waals surface area contributed by atoms with Gasteiger partial charge in [-0.2, -0.15) is 0 Å². The van der Waals surface area contributed by atoms with E-state index in [-0.39, 0.29) is 6.01 Å². The largest absolute Gasteiger partial charge is 0.493 e. The number of methoxy groups -OCH3 is 1. The predicted octanol–water partition coefficient (Wildman–Crippen LogP) is 5.32. The van der Waals surface area contributed by atoms with Crippen LogP contribution in [0.3, 0.4) is 0 Å². The maximum absolute atomic E-state index is 6.20. The summed E-state index contributed by atoms with van der Waals surface area (Å²) in [6.45, 7) is 0.290. The molecule has 9 heteroatoms. The van der Waals surface area contributed by atoms with Gasteiger partial charge in [-0.1, -0.05) is 34.4 Å². The number of aromatic nitrogens is 2. The van der Waals surface area contributed by atoms with Gasteiger partial charge in [-0.3, -0.25) is 0 Å². The van der Waals surface area contributed by atoms with E-state index in [1.54, 1.807) is 25.3 Å². The lowest BCUT2D eigenvalue weighted by Gasteiger charge is -2.14. The molecule has 0 radical (unpaired) electrons. The molecular weight excluding hydrogens is 504 g/mol. The van der Waals surface area contributed by atoms with E-state index < -0.39 is 0 Å². The van der Waals surface area contributed by atoms with Crippen LogP contribution in [0.15, 0.2) is 34.7 Å². The van der Waals surface area contributed by atoms with E-state index in [9.17, 15) is 0 Å². The average molecular weight is 518 g/mol. The van der Waals surface area contributed by atoms with Crippen molar-refractivity contribution in [3.05, 3.63) is 61.0 Å². The van der Waals surface area contributed by atoms with Gasteiger partial charge >= 0.3 is 6.01 Å². The van der Waals surface area contributed by atoms with Crippen molar-refractivity contribution in [3.8, 4) is 11.5 Å². The van der Waals surface area contributed by atoms with Gasteiger partial charge in [0.05, 0.1) is 10.7 Å². The molecule has 6 nitrogen and oxygen atoms in total. The highest BCUT2D eigenvalue weighted by Crippen LogP contribution is 2.35. The zero-order valence-electron chi connectivity index (χ0n) is 14.1. The quantitative estimate of drug-likeness (QED) is 0.445. The van der Waals surface area contributed by atoms with E-state index in [0.717, 1.165) is 14.7 Å². The minimum absolute atomic E-state index is 0.0198. The normalized spacial score (nSPS) is 11.1. The fourth-order valence-electron chi connectivity index (χ4n) is 2.25. The molecule has 0 spiro atoms. The fourth-order valence-corrected chi connectivity index (χ4v) is 3.49. The second-order valence-corrected chi connectivity index (χ2v) is 7.38. The molecule has 0 bridgehead atoms. The molecule has 0 aliphatic heterocycles. The van der Waals surface area contributed by atoms with Crippen molar-refractivity contribution in [1.29, 1.82) is 0 Å². The molecule has 0 saturated heterocycles. The van der Waals surface area contributed by atoms with Crippen LogP contribution < -0.4 is 15.2 Å². The summed E-state index contributed by atoms with van der Waals surface area (Å²) in [5.41, 5.74) is 7.12. The van der Waals surface area contributed by atoms with E-state index in [1.165, 1.54) is 0 Å². The molecule has 0 saturated carbocycles. The van der Waals surface area contributed by atoms with Gasteiger partial charge in [0.1, 0.15) is 6.61 Å². The molecule has 3 aromatic rings. The Balaban J connectivity index is 1.80. The van der Waals surface area contributed by atoms with Crippen LogP contribution >= 0.6 is 45.8 Å². The Morgan fingerprint density at radius 3 is 2.67 bits per heavy atom. The lowest BCUT2D eigenvalue weighted by atomic mass is 10.2. The highest BCUT2D eigenvalue weighted by atomic mass is 127. The molecule has 2 aromatic carbocycles. The first-order valence-electron chi connectivity index (χ1n) is 7.67. The number of ether oxygens (including phenoxy) is 2. The number of nitrogen functional groups attached to an aromatic ring is 1. The van der Waals surface area contributed by atoms with Crippen LogP contribution in [0.5, 0.6) is 11.5 Å². The monoisotopic (exact) mass is 517 g/mol. The molecule has 0 fully saturated rings. The van der Waals surface area contributed by atoms with Crippen LogP contribution in [0, 0.1) is 3.57 Å². The van der Waals surface area contributed by atoms with E-state index in [4.69, 9.17) is 42.8 Å². The third-order valence-electron chi connectivity index (χ3n) is 3.51. The highest BCUT2D eigenvalue weighted by Gasteiger charge is 2.12. The van der Waals surface area contributed by atoms with Crippen molar-refractivity contribution >= 4 is 64.0 Å². The van der Waals surface area contributed by atoms with Gasteiger partial charge in [-0.25, -0.2) is 0 Å². The minimum atomic E-state index is 0.0198. The van der Waals surface area contributed by atoms with Crippen LogP contribution in [-0.2, 0) is 6.61 Å². The molecule has 0 amide bonds. The van der Waals surface area contributed by atoms with E-state index >= 15 is 0 Å². The van der Waals surface area contributed by atoms with Crippen molar-refractivity contribution in [1.82, 2.24) is 10.2 Å². The van der Waals surface area contributed by atoms with E-state index in [2.05, 4.69) is 32.8 Å². The van der Waals surface area contributed by atoms with E-state index in [0.29, 0.717) is 34.0 Å². The fraction of sp³-hybridized carbons (Fsp3) is 0.111. The first-order valence-corrected chi connectivity index (χ1v) is 9.51. The van der Waals surface area contributed by atoms with Crippen LogP contribution in [-0.4, -0.2) is 17.3 Å². The van der Waals surface area contributed by atoms with Crippen LogP contribution in [0.25, 0.3) is 12.2 Å². The predicted molar refractivity (Wildman–Crippen MR) is 114 cm³/mol. The Hall–Kier alpha value is -1.97. The summed E-state index contributed by atoms with van der Waals surface area (Å²) < 4.78 is 17.4. The number of nitrogens with zero attached hydrogens (tertiary/aromatic N) is 2. The molecule has 1 heterocycles. The number of rotatable bonds is 6. The first-order chi connectivity index (χ1) is 13.0. The molecule has 3 rings (SSSR count). The number of nitrogens with two attached hydrogens (primary N) is 1. The van der Waals surface area contributed by atoms with Crippen molar-refractivity contribution in [2.75, 3.05) is 12.8 Å². The maximum atomic E-state index is 6.20. The molecule has 0 unspecified atom stereocenters. The second kappa shape index (κ2) is 8.81. The number of hydrogen-bond acceptors (Lipinski definition) is 6. The molecule has 140 valence electrons. The topological polar surface area (TPSA) is 83.4 Å². The molecule has 27 heavy (non-hydrogen) atoms. The van der Waals surface area contributed by atoms with Gasteiger partial charge in [0.15, 0.2) is 11.5 Å². The van der Waals surface area contributed by atoms with E-state index in [1.807, 2.05) is 24.3 Å². The molecule has 0 aliphatic carbocycles. The summed E-state index contributed by atoms with van der Waals surface area (Å²) >= 11 is 14.3. The Morgan fingerprint density at radius 1 is 1.19 bits per heavy atom. The molecule has 2 N–H and O–H groups in total. The van der Waals surface area contributed by atoms with Crippen molar-refractivity contribution in [3.63, 3.8) is 0 Å². The van der Waals surface area contributed by atoms with Gasteiger partial charge < -0.3 is 19.6 Å². The van der Waals surface area contributed by atoms with Crippen molar-refractivity contribution in [2.45, 2.75) is 6.61 Å². The minimum Gasteiger partial charge on any atom is -0.493 e. The standard InChI is InChI=1S/C18H14Cl2IN3O3/c1-25-15-7-10(2-5-16-23-24-18(22)27-16)6-14(21)17(15)26-9-11-3-4-12(19)8-13(11)20/h2-8H,9H2,1H3,(H2,22,24)/b5-2+. The summed E-state index contributed by atoms with van der Waals surface area (Å²) in [5, 5.41) is 8.52. The van der Waals surface area contributed by atoms with Gasteiger partial charge in [0.2, 0.25) is 5.89 Å². The summed E-state index contributed by atoms with van der Waals surface area (Å²) in [4.78, 5) is 0. The highest BCUT2D eigenvalue weighted by molar-refractivity contribution is 14.1. The molecule has 1 aromatic heterocycles. The van der Waals surface area contributed by atoms with Gasteiger partial charge in [0.25, 0.3) is 0 Å². The van der Waals surface area contributed by atoms with Gasteiger partial charge in [-0.15, -0.1) is 5.10 Å². The average Bonchev–Trinajstić information content (AvgIpc) is 3.05. The summed E-state index contributed by atoms with van der Waals surface area (Å²) in [7, 11) is 1.58. The summed E-state index contributed by atoms with van der Waals surface area (Å²) in [6, 6.07) is 9.09. The van der Waals surface area contributed by atoms with Crippen molar-refractivity contribution in [2.24, 2.45) is 0 Å². The zero-order valence-corrected chi connectivity index (χ0v) is 17.7. The SMILES string of the molecule is COc1cc(/C=C/c2nnc(N)o2)cc(I)c1OCc1ccc(Cl)cc1Cl. The lowest BCUT2D eigenvalue weighted by Crippen LogP contribution is -2.00. The second-order valence-electron chi connectivity index (χ2n) is 5.37. The molecule has 0 aliphatic rings. The Morgan fingerprint density at radius 2 is 2.00 bits per heavy atom. The summed E-state index contributed by atoms with van der Waals surface area (Å²) in [5.74, 6) is 1.54. The third-order valence-corrected chi connectivity index (χ3v) is 4.90. The summed E-state index contributed by atoms with van der Waals surface area (Å²) in [6.07, 6.45) is 3.49. The molecule has 0 atom stereocenters. The third kappa shape index (κ3) is 5.06. The number of halogens is 3. The Labute approximate surface area is 179 Å². The number of benzene rings is 2. The zero-order chi connectivity index (χ0) is 19.4. The number of hydrogen-bond donors (Lipinski definition) is 1. The first kappa shape index (κ1) is 19.8. The Kier molecular flexibility index (Phi) is 6.46. The lowest BCUT2D eigenvalue weighted by molar-refractivity contribution is 0.282. The smallest absolute Gasteiger partial charge is 0.313 e. The number of anilines is 1. The van der Waals surface area contributed by atoms with Crippen molar-refractivity contribution < 1.29 is 13.9 Å². The van der Waals surface area contributed by atoms with Gasteiger partial charge in [0, 0.05) is 21.7 Å². The molecular formula is C18H14Cl2IN3O3.